The lowest BCUT2D eigenvalue weighted by molar-refractivity contribution is -0.274. The third kappa shape index (κ3) is 4.43. The highest BCUT2D eigenvalue weighted by Crippen LogP contribution is 2.31. The van der Waals surface area contributed by atoms with Gasteiger partial charge < -0.3 is 9.30 Å². The average Bonchev–Trinajstić information content (AvgIpc) is 3.08. The first kappa shape index (κ1) is 21.3. The Morgan fingerprint density at radius 1 is 1.16 bits per heavy atom. The van der Waals surface area contributed by atoms with Crippen LogP contribution in [0.15, 0.2) is 52.3 Å². The van der Waals surface area contributed by atoms with Crippen LogP contribution in [0, 0.1) is 0 Å². The number of alkyl halides is 3. The molecule has 2 aliphatic heterocycles. The summed E-state index contributed by atoms with van der Waals surface area (Å²) in [5, 5.41) is -0.425. The summed E-state index contributed by atoms with van der Waals surface area (Å²) < 4.78 is 43.8. The molecule has 4 rings (SSSR count). The number of halogens is 5. The molecule has 0 radical (unpaired) electrons. The van der Waals surface area contributed by atoms with E-state index in [2.05, 4.69) is 14.7 Å². The Morgan fingerprint density at radius 2 is 1.94 bits per heavy atom. The van der Waals surface area contributed by atoms with Gasteiger partial charge in [-0.1, -0.05) is 23.2 Å². The Hall–Kier alpha value is -2.89. The number of benzene rings is 1. The number of aromatic nitrogens is 4. The number of pyridine rings is 1. The molecule has 0 N–H and O–H groups in total. The van der Waals surface area contributed by atoms with Crippen LogP contribution in [0.3, 0.4) is 0 Å². The number of fused-ring (bicyclic) bond motifs is 1. The first-order chi connectivity index (χ1) is 14.6. The van der Waals surface area contributed by atoms with Crippen molar-refractivity contribution in [3.8, 4) is 22.8 Å². The first-order valence-corrected chi connectivity index (χ1v) is 9.98. The van der Waals surface area contributed by atoms with Crippen molar-refractivity contribution in [3.63, 3.8) is 0 Å². The maximum absolute atomic E-state index is 13.0. The van der Waals surface area contributed by atoms with Crippen molar-refractivity contribution < 1.29 is 17.9 Å². The van der Waals surface area contributed by atoms with Crippen LogP contribution in [-0.4, -0.2) is 25.5 Å². The smallest absolute Gasteiger partial charge is 0.404 e. The average molecular weight is 489 g/mol. The van der Waals surface area contributed by atoms with Gasteiger partial charge in [-0.15, -0.1) is 24.5 Å². The van der Waals surface area contributed by atoms with Crippen LogP contribution in [-0.2, 0) is 6.54 Å². The van der Waals surface area contributed by atoms with Gasteiger partial charge in [-0.05, 0) is 30.3 Å². The molecule has 1 aromatic heterocycles. The van der Waals surface area contributed by atoms with Crippen LogP contribution in [0.4, 0.5) is 13.2 Å². The molecule has 2 aliphatic rings. The Balaban J connectivity index is 1.80. The van der Waals surface area contributed by atoms with Crippen LogP contribution < -0.4 is 16.0 Å². The zero-order chi connectivity index (χ0) is 22.3. The molecular formula is C18H9Cl2F3N4O3S. The van der Waals surface area contributed by atoms with Crippen molar-refractivity contribution in [1.29, 1.82) is 0 Å². The SMILES string of the molecule is O=c1nc2n(Cc3cnc(Cl)s3)cccc-2c(=O)n1-c1ccc(OC(F)(F)F)c(Cl)c1. The molecule has 31 heavy (non-hydrogen) atoms. The molecule has 0 saturated carbocycles. The second-order valence-electron chi connectivity index (χ2n) is 6.15. The van der Waals surface area contributed by atoms with E-state index in [0.29, 0.717) is 4.47 Å². The number of ether oxygens (including phenoxy) is 1. The van der Waals surface area contributed by atoms with Crippen molar-refractivity contribution in [2.45, 2.75) is 12.9 Å². The minimum absolute atomic E-state index is 0.0476. The summed E-state index contributed by atoms with van der Waals surface area (Å²) in [7, 11) is 0. The quantitative estimate of drug-likeness (QED) is 0.429. The third-order valence-electron chi connectivity index (χ3n) is 4.12. The molecule has 3 heterocycles. The summed E-state index contributed by atoms with van der Waals surface area (Å²) in [6.45, 7) is 0.285. The number of hydrogen-bond donors (Lipinski definition) is 0. The highest BCUT2D eigenvalue weighted by Gasteiger charge is 2.32. The summed E-state index contributed by atoms with van der Waals surface area (Å²) >= 11 is 12.9. The molecule has 0 atom stereocenters. The van der Waals surface area contributed by atoms with Gasteiger partial charge in [-0.3, -0.25) is 4.79 Å². The largest absolute Gasteiger partial charge is 0.573 e. The predicted octanol–water partition coefficient (Wildman–Crippen LogP) is 4.21. The van der Waals surface area contributed by atoms with E-state index in [0.717, 1.165) is 27.6 Å². The zero-order valence-electron chi connectivity index (χ0n) is 15.1. The molecule has 0 aliphatic carbocycles. The molecule has 1 aromatic carbocycles. The van der Waals surface area contributed by atoms with Crippen molar-refractivity contribution in [1.82, 2.24) is 19.1 Å². The summed E-state index contributed by atoms with van der Waals surface area (Å²) in [5.74, 6) is -0.519. The van der Waals surface area contributed by atoms with E-state index in [1.807, 2.05) is 0 Å². The number of nitrogens with zero attached hydrogens (tertiary/aromatic N) is 4. The van der Waals surface area contributed by atoms with E-state index in [9.17, 15) is 22.8 Å². The molecule has 0 bridgehead atoms. The summed E-state index contributed by atoms with van der Waals surface area (Å²) in [5.41, 5.74) is -1.54. The molecule has 0 saturated heterocycles. The minimum atomic E-state index is -4.94. The van der Waals surface area contributed by atoms with Crippen LogP contribution in [0.25, 0.3) is 17.1 Å². The van der Waals surface area contributed by atoms with E-state index in [4.69, 9.17) is 23.2 Å². The second-order valence-corrected chi connectivity index (χ2v) is 8.25. The number of rotatable bonds is 4. The van der Waals surface area contributed by atoms with Gasteiger partial charge in [0.2, 0.25) is 0 Å². The molecule has 0 unspecified atom stereocenters. The lowest BCUT2D eigenvalue weighted by atomic mass is 10.2. The lowest BCUT2D eigenvalue weighted by Crippen LogP contribution is -2.36. The van der Waals surface area contributed by atoms with Gasteiger partial charge in [0, 0.05) is 17.3 Å². The Labute approximate surface area is 185 Å². The topological polar surface area (TPSA) is 79.0 Å². The van der Waals surface area contributed by atoms with Crippen molar-refractivity contribution >= 4 is 34.5 Å². The van der Waals surface area contributed by atoms with E-state index in [1.54, 1.807) is 23.0 Å². The molecule has 0 fully saturated rings. The normalized spacial score (nSPS) is 11.8. The number of thiazole rings is 1. The maximum atomic E-state index is 13.0. The van der Waals surface area contributed by atoms with Gasteiger partial charge in [0.1, 0.15) is 5.75 Å². The van der Waals surface area contributed by atoms with Crippen LogP contribution in [0.1, 0.15) is 4.88 Å². The summed E-state index contributed by atoms with van der Waals surface area (Å²) in [4.78, 5) is 34.4. The molecule has 0 amide bonds. The molecule has 2 aromatic rings. The molecule has 13 heteroatoms. The van der Waals surface area contributed by atoms with Gasteiger partial charge >= 0.3 is 12.1 Å². The lowest BCUT2D eigenvalue weighted by Gasteiger charge is -2.15. The second kappa shape index (κ2) is 7.98. The van der Waals surface area contributed by atoms with Crippen molar-refractivity contribution in [3.05, 3.63) is 77.9 Å². The van der Waals surface area contributed by atoms with E-state index < -0.39 is 28.4 Å². The Bertz CT molecular complexity index is 1370. The van der Waals surface area contributed by atoms with E-state index in [-0.39, 0.29) is 23.6 Å². The maximum Gasteiger partial charge on any atom is 0.573 e. The molecule has 7 nitrogen and oxygen atoms in total. The van der Waals surface area contributed by atoms with Crippen LogP contribution in [0.2, 0.25) is 9.49 Å². The fourth-order valence-electron chi connectivity index (χ4n) is 2.90. The van der Waals surface area contributed by atoms with Crippen molar-refractivity contribution in [2.75, 3.05) is 0 Å². The minimum Gasteiger partial charge on any atom is -0.404 e. The monoisotopic (exact) mass is 488 g/mol. The Morgan fingerprint density at radius 3 is 2.58 bits per heavy atom. The van der Waals surface area contributed by atoms with Gasteiger partial charge in [0.25, 0.3) is 5.56 Å². The predicted molar refractivity (Wildman–Crippen MR) is 109 cm³/mol. The van der Waals surface area contributed by atoms with E-state index in [1.165, 1.54) is 17.4 Å². The number of hydrogen-bond acceptors (Lipinski definition) is 6. The summed E-state index contributed by atoms with van der Waals surface area (Å²) in [6.07, 6.45) is -1.72. The van der Waals surface area contributed by atoms with Gasteiger partial charge in [-0.2, -0.15) is 4.98 Å². The summed E-state index contributed by atoms with van der Waals surface area (Å²) in [6, 6.07) is 6.14. The first-order valence-electron chi connectivity index (χ1n) is 8.40. The van der Waals surface area contributed by atoms with Crippen LogP contribution in [0.5, 0.6) is 5.75 Å². The van der Waals surface area contributed by atoms with Gasteiger partial charge in [-0.25, -0.2) is 14.3 Å². The van der Waals surface area contributed by atoms with Gasteiger partial charge in [0.05, 0.1) is 22.8 Å². The highest BCUT2D eigenvalue weighted by molar-refractivity contribution is 7.15. The fraction of sp³-hybridized carbons (Fsp3) is 0.111. The van der Waals surface area contributed by atoms with Crippen molar-refractivity contribution in [2.24, 2.45) is 0 Å². The van der Waals surface area contributed by atoms with Crippen LogP contribution >= 0.6 is 34.5 Å². The molecule has 0 spiro atoms. The van der Waals surface area contributed by atoms with E-state index >= 15 is 0 Å². The standard InChI is InChI=1S/C18H9Cl2F3N4O3S/c19-12-6-9(3-4-13(12)30-18(21,22)23)27-15(28)11-2-1-5-26(14(11)25-17(27)29)8-10-7-24-16(20)31-10/h1-7H,8H2. The molecule has 160 valence electrons. The Kier molecular flexibility index (Phi) is 5.50. The third-order valence-corrected chi connectivity index (χ3v) is 5.51. The fourth-order valence-corrected chi connectivity index (χ4v) is 4.09. The van der Waals surface area contributed by atoms with Gasteiger partial charge in [0.15, 0.2) is 10.3 Å². The zero-order valence-corrected chi connectivity index (χ0v) is 17.4. The molecular weight excluding hydrogens is 480 g/mol. The highest BCUT2D eigenvalue weighted by atomic mass is 35.5.